The van der Waals surface area contributed by atoms with Crippen LogP contribution >= 0.6 is 0 Å². The number of anilines is 1. The summed E-state index contributed by atoms with van der Waals surface area (Å²) in [5, 5.41) is 30.1. The van der Waals surface area contributed by atoms with E-state index in [9.17, 15) is 23.2 Å². The number of carboxylic acid groups (broad SMARTS) is 1. The molecule has 1 atom stereocenters. The minimum Gasteiger partial charge on any atom is -0.490 e. The van der Waals surface area contributed by atoms with Crippen LogP contribution in [0.5, 0.6) is 5.75 Å². The van der Waals surface area contributed by atoms with Crippen LogP contribution in [-0.2, 0) is 14.3 Å². The summed E-state index contributed by atoms with van der Waals surface area (Å²) >= 11 is 0. The number of carbonyl (C=O) groups excluding carboxylic acids is 1. The second-order valence-corrected chi connectivity index (χ2v) is 9.67. The third-order valence-corrected chi connectivity index (χ3v) is 6.85. The van der Waals surface area contributed by atoms with E-state index in [1.807, 2.05) is 53.4 Å². The first kappa shape index (κ1) is 32.7. The van der Waals surface area contributed by atoms with Crippen LogP contribution in [-0.4, -0.2) is 94.3 Å². The summed E-state index contributed by atoms with van der Waals surface area (Å²) < 4.78 is 44.5. The molecule has 0 aliphatic carbocycles. The average Bonchev–Trinajstić information content (AvgIpc) is 3.47. The molecule has 5 rings (SSSR count). The normalized spacial score (nSPS) is 13.9. The number of benzene rings is 1. The van der Waals surface area contributed by atoms with Crippen LogP contribution in [0.2, 0.25) is 0 Å². The van der Waals surface area contributed by atoms with Gasteiger partial charge in [0.05, 0.1) is 30.1 Å². The predicted molar refractivity (Wildman–Crippen MR) is 154 cm³/mol. The number of methoxy groups -OCH3 is 1. The van der Waals surface area contributed by atoms with Gasteiger partial charge in [0.2, 0.25) is 0 Å². The van der Waals surface area contributed by atoms with E-state index in [2.05, 4.69) is 16.1 Å². The van der Waals surface area contributed by atoms with E-state index in [-0.39, 0.29) is 19.1 Å². The van der Waals surface area contributed by atoms with Gasteiger partial charge in [-0.1, -0.05) is 30.3 Å². The van der Waals surface area contributed by atoms with Crippen LogP contribution < -0.4 is 9.64 Å². The summed E-state index contributed by atoms with van der Waals surface area (Å²) in [7, 11) is 1.56. The average molecular weight is 627 g/mol. The lowest BCUT2D eigenvalue weighted by atomic mass is 10.1. The smallest absolute Gasteiger partial charge is 0.490 e. The number of aromatic nitrogens is 3. The summed E-state index contributed by atoms with van der Waals surface area (Å²) in [6.45, 7) is 2.49. The van der Waals surface area contributed by atoms with Crippen LogP contribution in [0.25, 0.3) is 16.6 Å². The number of alkyl halides is 3. The summed E-state index contributed by atoms with van der Waals surface area (Å²) in [5.74, 6) is -1.45. The third kappa shape index (κ3) is 7.85. The molecule has 12 nitrogen and oxygen atoms in total. The second kappa shape index (κ2) is 14.5. The molecule has 236 valence electrons. The highest BCUT2D eigenvalue weighted by Crippen LogP contribution is 2.31. The van der Waals surface area contributed by atoms with Gasteiger partial charge in [-0.3, -0.25) is 4.79 Å². The highest BCUT2D eigenvalue weighted by molar-refractivity contribution is 5.85. The number of aliphatic hydroxyl groups excluding tert-OH is 1. The molecule has 0 bridgehead atoms. The lowest BCUT2D eigenvalue weighted by molar-refractivity contribution is -0.192. The number of aliphatic hydroxyl groups is 1. The highest BCUT2D eigenvalue weighted by atomic mass is 19.4. The maximum absolute atomic E-state index is 13.1. The Hall–Kier alpha value is -5.20. The SMILES string of the molecule is CO[C@H](C(=O)N1CCN(c2ccc(-c3cc(OCCO)cn4ncc(C#N)c34)cn2)CC1)c1ccccc1.O=C(O)C(F)(F)F. The molecule has 4 heterocycles. The fourth-order valence-electron chi connectivity index (χ4n) is 4.70. The number of pyridine rings is 2. The van der Waals surface area contributed by atoms with Gasteiger partial charge in [-0.05, 0) is 23.8 Å². The van der Waals surface area contributed by atoms with Crippen molar-refractivity contribution in [2.75, 3.05) is 51.4 Å². The van der Waals surface area contributed by atoms with Crippen molar-refractivity contribution in [3.05, 3.63) is 78.2 Å². The number of carbonyl (C=O) groups is 2. The Morgan fingerprint density at radius 3 is 2.33 bits per heavy atom. The van der Waals surface area contributed by atoms with Crippen LogP contribution in [0.15, 0.2) is 67.1 Å². The molecule has 0 radical (unpaired) electrons. The van der Waals surface area contributed by atoms with E-state index in [0.29, 0.717) is 43.0 Å². The Bertz CT molecular complexity index is 1650. The minimum atomic E-state index is -5.08. The van der Waals surface area contributed by atoms with Crippen LogP contribution in [0, 0.1) is 11.3 Å². The Morgan fingerprint density at radius 2 is 1.78 bits per heavy atom. The lowest BCUT2D eigenvalue weighted by Crippen LogP contribution is -2.50. The van der Waals surface area contributed by atoms with Crippen molar-refractivity contribution in [1.29, 1.82) is 5.26 Å². The van der Waals surface area contributed by atoms with Crippen LogP contribution in [0.3, 0.4) is 0 Å². The van der Waals surface area contributed by atoms with E-state index in [0.717, 1.165) is 22.5 Å². The van der Waals surface area contributed by atoms with Crippen molar-refractivity contribution >= 4 is 23.2 Å². The zero-order valence-corrected chi connectivity index (χ0v) is 24.0. The number of amides is 1. The topological polar surface area (TPSA) is 154 Å². The van der Waals surface area contributed by atoms with Gasteiger partial charge in [-0.15, -0.1) is 0 Å². The first-order valence-electron chi connectivity index (χ1n) is 13.6. The first-order chi connectivity index (χ1) is 21.6. The number of piperazine rings is 1. The maximum atomic E-state index is 13.1. The second-order valence-electron chi connectivity index (χ2n) is 9.67. The van der Waals surface area contributed by atoms with E-state index in [1.165, 1.54) is 6.20 Å². The Labute approximate surface area is 255 Å². The maximum Gasteiger partial charge on any atom is 0.490 e. The van der Waals surface area contributed by atoms with Gasteiger partial charge in [0.15, 0.2) is 6.10 Å². The molecule has 1 amide bonds. The number of carboxylic acids is 1. The monoisotopic (exact) mass is 626 g/mol. The van der Waals surface area contributed by atoms with Gasteiger partial charge in [-0.25, -0.2) is 14.3 Å². The number of rotatable bonds is 8. The number of nitrogens with zero attached hydrogens (tertiary/aromatic N) is 6. The van der Waals surface area contributed by atoms with E-state index in [4.69, 9.17) is 29.5 Å². The van der Waals surface area contributed by atoms with Crippen LogP contribution in [0.4, 0.5) is 19.0 Å². The minimum absolute atomic E-state index is 0.0388. The molecule has 45 heavy (non-hydrogen) atoms. The van der Waals surface area contributed by atoms with Gasteiger partial charge in [-0.2, -0.15) is 23.5 Å². The van der Waals surface area contributed by atoms with Gasteiger partial charge in [0.25, 0.3) is 5.91 Å². The Kier molecular flexibility index (Phi) is 10.6. The van der Waals surface area contributed by atoms with Gasteiger partial charge in [0, 0.05) is 50.6 Å². The molecule has 4 aromatic rings. The Balaban J connectivity index is 0.000000591. The van der Waals surface area contributed by atoms with Crippen LogP contribution in [0.1, 0.15) is 17.2 Å². The fraction of sp³-hybridized carbons (Fsp3) is 0.300. The van der Waals surface area contributed by atoms with Crippen molar-refractivity contribution in [3.63, 3.8) is 0 Å². The molecule has 0 unspecified atom stereocenters. The number of ether oxygens (including phenoxy) is 2. The number of fused-ring (bicyclic) bond motifs is 1. The molecule has 15 heteroatoms. The molecule has 1 aliphatic heterocycles. The molecule has 1 fully saturated rings. The van der Waals surface area contributed by atoms with E-state index >= 15 is 0 Å². The molecular formula is C30H29F3N6O6. The quantitative estimate of drug-likeness (QED) is 0.298. The largest absolute Gasteiger partial charge is 0.490 e. The summed E-state index contributed by atoms with van der Waals surface area (Å²) in [4.78, 5) is 30.7. The summed E-state index contributed by atoms with van der Waals surface area (Å²) in [5.41, 5.74) is 3.53. The molecule has 0 spiro atoms. The standard InChI is InChI=1S/C28H28N6O4.C2HF3O2/c1-37-27(20-5-3-2-4-6-20)28(36)33-11-9-32(10-12-33)25-8-7-21(17-30-25)24-15-23(38-14-13-35)19-34-26(24)22(16-29)18-31-34;3-2(4,5)1(6)7/h2-8,15,17-19,27,35H,9-14H2,1H3;(H,6,7)/t27-;/m0./s1. The fourth-order valence-corrected chi connectivity index (χ4v) is 4.70. The number of hydrogen-bond donors (Lipinski definition) is 2. The van der Waals surface area contributed by atoms with Crippen molar-refractivity contribution in [3.8, 4) is 22.9 Å². The molecular weight excluding hydrogens is 597 g/mol. The van der Waals surface area contributed by atoms with Crippen molar-refractivity contribution < 1.29 is 42.4 Å². The number of halogens is 3. The van der Waals surface area contributed by atoms with Gasteiger partial charge in [0.1, 0.15) is 24.2 Å². The van der Waals surface area contributed by atoms with Gasteiger partial charge < -0.3 is 29.5 Å². The molecule has 1 aromatic carbocycles. The predicted octanol–water partition coefficient (Wildman–Crippen LogP) is 3.31. The van der Waals surface area contributed by atoms with E-state index in [1.54, 1.807) is 24.0 Å². The number of aliphatic carboxylic acids is 1. The van der Waals surface area contributed by atoms with Crippen molar-refractivity contribution in [2.45, 2.75) is 12.3 Å². The Morgan fingerprint density at radius 1 is 1.09 bits per heavy atom. The number of nitriles is 1. The zero-order valence-electron chi connectivity index (χ0n) is 24.0. The lowest BCUT2D eigenvalue weighted by Gasteiger charge is -2.36. The first-order valence-corrected chi connectivity index (χ1v) is 13.6. The summed E-state index contributed by atoms with van der Waals surface area (Å²) in [6.07, 6.45) is -0.730. The van der Waals surface area contributed by atoms with Crippen molar-refractivity contribution in [1.82, 2.24) is 19.5 Å². The zero-order chi connectivity index (χ0) is 32.6. The molecule has 1 saturated heterocycles. The highest BCUT2D eigenvalue weighted by Gasteiger charge is 2.38. The molecule has 2 N–H and O–H groups in total. The van der Waals surface area contributed by atoms with Crippen molar-refractivity contribution in [2.24, 2.45) is 0 Å². The van der Waals surface area contributed by atoms with Gasteiger partial charge >= 0.3 is 12.1 Å². The molecule has 0 saturated carbocycles. The molecule has 3 aromatic heterocycles. The summed E-state index contributed by atoms with van der Waals surface area (Å²) in [6, 6.07) is 17.4. The van der Waals surface area contributed by atoms with E-state index < -0.39 is 18.2 Å². The third-order valence-electron chi connectivity index (χ3n) is 6.85. The number of hydrogen-bond acceptors (Lipinski definition) is 9. The molecule has 1 aliphatic rings.